The maximum Gasteiger partial charge on any atom is 0.434 e. The zero-order chi connectivity index (χ0) is 28.8. The van der Waals surface area contributed by atoms with Gasteiger partial charge in [0.15, 0.2) is 17.2 Å². The fourth-order valence-corrected chi connectivity index (χ4v) is 4.96. The number of aromatic nitrogens is 6. The van der Waals surface area contributed by atoms with Crippen molar-refractivity contribution in [2.45, 2.75) is 78.7 Å². The number of hydrogen-bond acceptors (Lipinski definition) is 6. The molecule has 1 aliphatic carbocycles. The van der Waals surface area contributed by atoms with Gasteiger partial charge in [-0.1, -0.05) is 24.3 Å². The number of alkyl halides is 3. The molecule has 40 heavy (non-hydrogen) atoms. The molecule has 210 valence electrons. The molecule has 0 saturated carbocycles. The summed E-state index contributed by atoms with van der Waals surface area (Å²) in [5.74, 6) is 0.815. The first-order valence-corrected chi connectivity index (χ1v) is 13.4. The molecule has 5 rings (SSSR count). The van der Waals surface area contributed by atoms with Crippen LogP contribution < -0.4 is 5.73 Å². The fourth-order valence-electron chi connectivity index (χ4n) is 4.96. The summed E-state index contributed by atoms with van der Waals surface area (Å²) >= 11 is 0. The largest absolute Gasteiger partial charge is 0.434 e. The van der Waals surface area contributed by atoms with E-state index in [-0.39, 0.29) is 17.9 Å². The Morgan fingerprint density at radius 2 is 1.75 bits per heavy atom. The monoisotopic (exact) mass is 550 g/mol. The molecule has 1 aromatic carbocycles. The number of nitrogens with zero attached hydrogens (tertiary/aromatic N) is 7. The minimum Gasteiger partial charge on any atom is -0.404 e. The fraction of sp³-hybridized carbons (Fsp3) is 0.414. The molecule has 3 heterocycles. The summed E-state index contributed by atoms with van der Waals surface area (Å²) in [6.45, 7) is 10.00. The van der Waals surface area contributed by atoms with E-state index in [1.807, 2.05) is 51.4 Å². The van der Waals surface area contributed by atoms with Crippen LogP contribution in [-0.2, 0) is 25.6 Å². The Balaban J connectivity index is 1.53. The molecule has 0 fully saturated rings. The number of halogens is 3. The van der Waals surface area contributed by atoms with Gasteiger partial charge in [-0.15, -0.1) is 0 Å². The highest BCUT2D eigenvalue weighted by Gasteiger charge is 2.35. The predicted octanol–water partition coefficient (Wildman–Crippen LogP) is 5.89. The Labute approximate surface area is 230 Å². The van der Waals surface area contributed by atoms with Gasteiger partial charge in [-0.05, 0) is 71.2 Å². The van der Waals surface area contributed by atoms with Crippen LogP contribution in [0.5, 0.6) is 0 Å². The molecule has 11 heteroatoms. The van der Waals surface area contributed by atoms with Crippen LogP contribution in [0.1, 0.15) is 75.6 Å². The van der Waals surface area contributed by atoms with Gasteiger partial charge >= 0.3 is 6.18 Å². The quantitative estimate of drug-likeness (QED) is 0.290. The zero-order valence-corrected chi connectivity index (χ0v) is 23.3. The van der Waals surface area contributed by atoms with E-state index in [2.05, 4.69) is 4.98 Å². The van der Waals surface area contributed by atoms with E-state index in [0.29, 0.717) is 23.6 Å². The first kappa shape index (κ1) is 27.5. The zero-order valence-electron chi connectivity index (χ0n) is 23.3. The lowest BCUT2D eigenvalue weighted by molar-refractivity contribution is -0.140. The highest BCUT2D eigenvalue weighted by atomic mass is 19.4. The first-order valence-electron chi connectivity index (χ1n) is 13.4. The van der Waals surface area contributed by atoms with Gasteiger partial charge in [-0.25, -0.2) is 19.6 Å². The van der Waals surface area contributed by atoms with Crippen LogP contribution in [0.15, 0.2) is 47.2 Å². The molecule has 0 unspecified atom stereocenters. The molecule has 0 atom stereocenters. The van der Waals surface area contributed by atoms with Gasteiger partial charge in [0, 0.05) is 23.8 Å². The molecular weight excluding hydrogens is 517 g/mol. The third-order valence-electron chi connectivity index (χ3n) is 6.91. The highest BCUT2D eigenvalue weighted by Crippen LogP contribution is 2.33. The average Bonchev–Trinajstić information content (AvgIpc) is 3.51. The van der Waals surface area contributed by atoms with Crippen LogP contribution in [0, 0.1) is 0 Å². The van der Waals surface area contributed by atoms with E-state index in [1.54, 1.807) is 16.7 Å². The molecule has 0 aliphatic heterocycles. The number of aliphatic imine (C=N–C) groups is 1. The van der Waals surface area contributed by atoms with E-state index in [1.165, 1.54) is 6.20 Å². The van der Waals surface area contributed by atoms with Crippen LogP contribution >= 0.6 is 0 Å². The maximum atomic E-state index is 13.4. The average molecular weight is 551 g/mol. The van der Waals surface area contributed by atoms with Crippen molar-refractivity contribution in [3.05, 3.63) is 70.7 Å². The molecule has 4 aromatic rings. The molecule has 0 spiro atoms. The van der Waals surface area contributed by atoms with Gasteiger partial charge in [0.1, 0.15) is 11.5 Å². The van der Waals surface area contributed by atoms with Crippen molar-refractivity contribution in [2.75, 3.05) is 0 Å². The molecule has 8 nitrogen and oxygen atoms in total. The van der Waals surface area contributed by atoms with Crippen LogP contribution in [0.4, 0.5) is 13.2 Å². The molecule has 0 bridgehead atoms. The third-order valence-corrected chi connectivity index (χ3v) is 6.91. The Kier molecular flexibility index (Phi) is 7.24. The number of nitrogens with two attached hydrogens (primary N) is 1. The second-order valence-corrected chi connectivity index (χ2v) is 10.7. The van der Waals surface area contributed by atoms with Gasteiger partial charge in [0.25, 0.3) is 0 Å². The van der Waals surface area contributed by atoms with E-state index in [0.717, 1.165) is 59.0 Å². The Morgan fingerprint density at radius 1 is 1.05 bits per heavy atom. The van der Waals surface area contributed by atoms with Gasteiger partial charge in [-0.2, -0.15) is 18.3 Å². The Hall–Kier alpha value is -4.02. The van der Waals surface area contributed by atoms with E-state index in [4.69, 9.17) is 25.8 Å². The molecule has 3 aromatic heterocycles. The topological polar surface area (TPSA) is 99.8 Å². The SMILES string of the molecule is C/C(=C/N)C(=NC(C)C)c1nc2c3c(nn(Cc4ccc(-c5nc(C(F)(F)F)cn5C(C)C)cc4)c3n1)CCC2. The van der Waals surface area contributed by atoms with Gasteiger partial charge in [0.05, 0.1) is 23.3 Å². The molecule has 2 N–H and O–H groups in total. The number of rotatable bonds is 7. The Bertz CT molecular complexity index is 1600. The van der Waals surface area contributed by atoms with Crippen molar-refractivity contribution in [1.82, 2.24) is 29.3 Å². The van der Waals surface area contributed by atoms with Crippen molar-refractivity contribution < 1.29 is 13.2 Å². The summed E-state index contributed by atoms with van der Waals surface area (Å²) in [5, 5.41) is 5.87. The minimum atomic E-state index is -4.50. The number of aryl methyl sites for hydroxylation is 2. The summed E-state index contributed by atoms with van der Waals surface area (Å²) in [5.41, 5.74) is 10.6. The molecule has 0 saturated heterocycles. The van der Waals surface area contributed by atoms with Gasteiger partial charge in [-0.3, -0.25) is 4.99 Å². The van der Waals surface area contributed by atoms with Crippen LogP contribution in [0.2, 0.25) is 0 Å². The summed E-state index contributed by atoms with van der Waals surface area (Å²) in [6, 6.07) is 7.26. The summed E-state index contributed by atoms with van der Waals surface area (Å²) in [6.07, 6.45) is 0.728. The maximum absolute atomic E-state index is 13.4. The number of benzene rings is 1. The van der Waals surface area contributed by atoms with Crippen molar-refractivity contribution >= 4 is 16.7 Å². The van der Waals surface area contributed by atoms with Crippen LogP contribution in [-0.4, -0.2) is 41.1 Å². The summed E-state index contributed by atoms with van der Waals surface area (Å²) in [4.78, 5) is 18.5. The normalized spacial score (nSPS) is 14.7. The number of hydrogen-bond donors (Lipinski definition) is 1. The lowest BCUT2D eigenvalue weighted by Crippen LogP contribution is -2.15. The summed E-state index contributed by atoms with van der Waals surface area (Å²) in [7, 11) is 0. The van der Waals surface area contributed by atoms with Crippen molar-refractivity contribution in [3.63, 3.8) is 0 Å². The molecule has 0 radical (unpaired) electrons. The standard InChI is InChI=1S/C29H33F3N8/c1-16(2)34-25(18(5)13-33)26-35-21-7-6-8-22-24(21)28(37-26)40(38-22)14-19-9-11-20(12-10-19)27-36-23(29(30,31)32)15-39(27)17(3)4/h9-13,15-17H,6-8,14,33H2,1-5H3/b18-13-,34-25?. The third kappa shape index (κ3) is 5.24. The van der Waals surface area contributed by atoms with Crippen LogP contribution in [0.3, 0.4) is 0 Å². The summed E-state index contributed by atoms with van der Waals surface area (Å²) < 4.78 is 43.5. The number of imidazole rings is 1. The Morgan fingerprint density at radius 3 is 2.38 bits per heavy atom. The predicted molar refractivity (Wildman–Crippen MR) is 149 cm³/mol. The second kappa shape index (κ2) is 10.5. The number of allylic oxidation sites excluding steroid dienone is 1. The van der Waals surface area contributed by atoms with Crippen molar-refractivity contribution in [1.29, 1.82) is 0 Å². The first-order chi connectivity index (χ1) is 19.0. The smallest absolute Gasteiger partial charge is 0.404 e. The van der Waals surface area contributed by atoms with Crippen molar-refractivity contribution in [2.24, 2.45) is 10.7 Å². The van der Waals surface area contributed by atoms with E-state index >= 15 is 0 Å². The molecule has 1 aliphatic rings. The second-order valence-electron chi connectivity index (χ2n) is 10.7. The van der Waals surface area contributed by atoms with Gasteiger partial charge in [0.2, 0.25) is 0 Å². The van der Waals surface area contributed by atoms with E-state index in [9.17, 15) is 13.2 Å². The molecular formula is C29H33F3N8. The lowest BCUT2D eigenvalue weighted by atomic mass is 10.0. The van der Waals surface area contributed by atoms with Crippen molar-refractivity contribution in [3.8, 4) is 11.4 Å². The minimum absolute atomic E-state index is 0.0399. The highest BCUT2D eigenvalue weighted by molar-refractivity contribution is 6.10. The van der Waals surface area contributed by atoms with E-state index < -0.39 is 11.9 Å². The van der Waals surface area contributed by atoms with Crippen LogP contribution in [0.25, 0.3) is 22.4 Å². The lowest BCUT2D eigenvalue weighted by Gasteiger charge is -2.13. The van der Waals surface area contributed by atoms with Gasteiger partial charge < -0.3 is 10.3 Å². The molecule has 0 amide bonds.